The third-order valence-corrected chi connectivity index (χ3v) is 5.78. The maximum atomic E-state index is 11.3. The number of benzene rings is 3. The van der Waals surface area contributed by atoms with Crippen LogP contribution in [-0.4, -0.2) is 11.1 Å². The Hall–Kier alpha value is -3.57. The lowest BCUT2D eigenvalue weighted by Crippen LogP contribution is -2.05. The maximum absolute atomic E-state index is 11.3. The molecule has 4 aromatic rings. The quantitative estimate of drug-likeness (QED) is 0.330. The zero-order chi connectivity index (χ0) is 23.4. The summed E-state index contributed by atoms with van der Waals surface area (Å²) in [5, 5.41) is 10.3. The second kappa shape index (κ2) is 9.92. The number of hydrogen-bond donors (Lipinski definition) is 2. The molecule has 5 nitrogen and oxygen atoms in total. The molecule has 1 heterocycles. The van der Waals surface area contributed by atoms with E-state index in [9.17, 15) is 9.90 Å². The molecule has 0 saturated heterocycles. The molecule has 5 heteroatoms. The molecule has 0 aliphatic rings. The van der Waals surface area contributed by atoms with Crippen LogP contribution in [0.25, 0.3) is 22.1 Å². The number of aliphatic carboxylic acids is 1. The lowest BCUT2D eigenvalue weighted by Gasteiger charge is -2.12. The van der Waals surface area contributed by atoms with Gasteiger partial charge in [0.25, 0.3) is 0 Å². The monoisotopic (exact) mass is 443 g/mol. The largest absolute Gasteiger partial charge is 0.488 e. The molecule has 0 spiro atoms. The molecule has 33 heavy (non-hydrogen) atoms. The molecular weight excluding hydrogens is 414 g/mol. The van der Waals surface area contributed by atoms with Gasteiger partial charge in [-0.15, -0.1) is 0 Å². The number of carbonyl (C=O) groups is 1. The Labute approximate surface area is 193 Å². The minimum Gasteiger partial charge on any atom is -0.488 e. The van der Waals surface area contributed by atoms with E-state index in [1.165, 1.54) is 0 Å². The topological polar surface area (TPSA) is 85.7 Å². The van der Waals surface area contributed by atoms with Crippen LogP contribution < -0.4 is 10.5 Å². The van der Waals surface area contributed by atoms with E-state index in [2.05, 4.69) is 31.2 Å². The zero-order valence-electron chi connectivity index (χ0n) is 19.1. The van der Waals surface area contributed by atoms with Crippen molar-refractivity contribution in [1.29, 1.82) is 0 Å². The van der Waals surface area contributed by atoms with Crippen molar-refractivity contribution in [3.8, 4) is 16.9 Å². The number of rotatable bonds is 9. The van der Waals surface area contributed by atoms with Crippen molar-refractivity contribution in [3.05, 3.63) is 88.7 Å². The third-order valence-electron chi connectivity index (χ3n) is 5.78. The summed E-state index contributed by atoms with van der Waals surface area (Å²) in [6.45, 7) is 4.89. The number of furan rings is 1. The van der Waals surface area contributed by atoms with Gasteiger partial charge in [0, 0.05) is 29.5 Å². The minimum atomic E-state index is -0.881. The van der Waals surface area contributed by atoms with E-state index in [1.807, 2.05) is 43.3 Å². The van der Waals surface area contributed by atoms with Crippen LogP contribution in [0.4, 0.5) is 0 Å². The molecule has 170 valence electrons. The summed E-state index contributed by atoms with van der Waals surface area (Å²) in [7, 11) is 0. The Kier molecular flexibility index (Phi) is 6.80. The molecule has 3 N–H and O–H groups in total. The second-order valence-corrected chi connectivity index (χ2v) is 8.34. The first-order valence-electron chi connectivity index (χ1n) is 11.3. The highest BCUT2D eigenvalue weighted by Crippen LogP contribution is 2.33. The normalized spacial score (nSPS) is 11.1. The third kappa shape index (κ3) is 5.10. The van der Waals surface area contributed by atoms with Gasteiger partial charge >= 0.3 is 5.97 Å². The lowest BCUT2D eigenvalue weighted by atomic mass is 10.00. The van der Waals surface area contributed by atoms with Gasteiger partial charge in [0.15, 0.2) is 0 Å². The van der Waals surface area contributed by atoms with Crippen molar-refractivity contribution in [3.63, 3.8) is 0 Å². The van der Waals surface area contributed by atoms with Gasteiger partial charge in [-0.25, -0.2) is 0 Å². The molecule has 0 aliphatic heterocycles. The average molecular weight is 444 g/mol. The van der Waals surface area contributed by atoms with Gasteiger partial charge < -0.3 is 20.0 Å². The summed E-state index contributed by atoms with van der Waals surface area (Å²) in [5.74, 6) is 0.627. The number of aryl methyl sites for hydroxylation is 2. The van der Waals surface area contributed by atoms with Crippen LogP contribution in [0.1, 0.15) is 41.4 Å². The van der Waals surface area contributed by atoms with E-state index >= 15 is 0 Å². The van der Waals surface area contributed by atoms with Gasteiger partial charge in [-0.1, -0.05) is 43.3 Å². The molecule has 0 fully saturated rings. The van der Waals surface area contributed by atoms with Gasteiger partial charge in [-0.3, -0.25) is 4.79 Å². The van der Waals surface area contributed by atoms with E-state index in [4.69, 9.17) is 14.9 Å². The fraction of sp³-hybridized carbons (Fsp3) is 0.250. The van der Waals surface area contributed by atoms with Gasteiger partial charge in [-0.2, -0.15) is 0 Å². The van der Waals surface area contributed by atoms with Gasteiger partial charge in [-0.05, 0) is 59.9 Å². The van der Waals surface area contributed by atoms with Crippen molar-refractivity contribution in [2.45, 2.75) is 46.3 Å². The highest BCUT2D eigenvalue weighted by molar-refractivity contribution is 5.87. The molecule has 0 bridgehead atoms. The molecule has 0 atom stereocenters. The Bertz CT molecular complexity index is 1290. The molecule has 0 amide bonds. The van der Waals surface area contributed by atoms with Crippen LogP contribution in [0.15, 0.2) is 65.1 Å². The standard InChI is InChI=1S/C28H29NO4/c1-3-5-25-24(17-32-27-12-18(2)8-9-22(27)15-28(30)31)23-14-21(10-11-26(23)33-25)20-7-4-6-19(13-20)16-29/h4,6-14H,3,5,15-17,29H2,1-2H3,(H,30,31). The molecule has 4 rings (SSSR count). The van der Waals surface area contributed by atoms with E-state index < -0.39 is 5.97 Å². The van der Waals surface area contributed by atoms with E-state index in [0.29, 0.717) is 24.5 Å². The first-order chi connectivity index (χ1) is 16.0. The Balaban J connectivity index is 1.72. The molecule has 1 aromatic heterocycles. The van der Waals surface area contributed by atoms with Crippen LogP contribution in [0, 0.1) is 6.92 Å². The second-order valence-electron chi connectivity index (χ2n) is 8.34. The predicted molar refractivity (Wildman–Crippen MR) is 130 cm³/mol. The smallest absolute Gasteiger partial charge is 0.307 e. The summed E-state index contributed by atoms with van der Waals surface area (Å²) >= 11 is 0. The summed E-state index contributed by atoms with van der Waals surface area (Å²) in [4.78, 5) is 11.3. The number of ether oxygens (including phenoxy) is 1. The first-order valence-corrected chi connectivity index (χ1v) is 11.3. The van der Waals surface area contributed by atoms with Crippen molar-refractivity contribution in [2.75, 3.05) is 0 Å². The fourth-order valence-electron chi connectivity index (χ4n) is 4.10. The van der Waals surface area contributed by atoms with Crippen molar-refractivity contribution in [2.24, 2.45) is 5.73 Å². The van der Waals surface area contributed by atoms with E-state index in [1.54, 1.807) is 0 Å². The highest BCUT2D eigenvalue weighted by Gasteiger charge is 2.17. The number of carboxylic acid groups (broad SMARTS) is 1. The van der Waals surface area contributed by atoms with Gasteiger partial charge in [0.05, 0.1) is 6.42 Å². The SMILES string of the molecule is CCCc1oc2ccc(-c3cccc(CN)c3)cc2c1COc1cc(C)ccc1CC(=O)O. The number of nitrogens with two attached hydrogens (primary N) is 1. The Morgan fingerprint density at radius 2 is 1.88 bits per heavy atom. The van der Waals surface area contributed by atoms with Crippen molar-refractivity contribution >= 4 is 16.9 Å². The van der Waals surface area contributed by atoms with Gasteiger partial charge in [0.1, 0.15) is 23.7 Å². The predicted octanol–water partition coefficient (Wildman–Crippen LogP) is 6.03. The maximum Gasteiger partial charge on any atom is 0.307 e. The van der Waals surface area contributed by atoms with E-state index in [0.717, 1.165) is 57.4 Å². The average Bonchev–Trinajstić information content (AvgIpc) is 3.15. The van der Waals surface area contributed by atoms with E-state index in [-0.39, 0.29) is 6.42 Å². The molecule has 0 aliphatic carbocycles. The molecule has 0 unspecified atom stereocenters. The minimum absolute atomic E-state index is 0.0782. The zero-order valence-corrected chi connectivity index (χ0v) is 19.1. The molecule has 3 aromatic carbocycles. The Morgan fingerprint density at radius 1 is 1.06 bits per heavy atom. The highest BCUT2D eigenvalue weighted by atomic mass is 16.5. The van der Waals surface area contributed by atoms with Crippen LogP contribution in [0.5, 0.6) is 5.75 Å². The molecule has 0 radical (unpaired) electrons. The van der Waals surface area contributed by atoms with Crippen LogP contribution in [0.2, 0.25) is 0 Å². The van der Waals surface area contributed by atoms with Crippen LogP contribution in [-0.2, 0) is 30.8 Å². The number of carboxylic acids is 1. The number of fused-ring (bicyclic) bond motifs is 1. The Morgan fingerprint density at radius 3 is 2.64 bits per heavy atom. The van der Waals surface area contributed by atoms with Crippen molar-refractivity contribution in [1.82, 2.24) is 0 Å². The summed E-state index contributed by atoms with van der Waals surface area (Å²) in [6, 6.07) is 20.1. The first kappa shape index (κ1) is 22.6. The summed E-state index contributed by atoms with van der Waals surface area (Å²) < 4.78 is 12.4. The molecular formula is C28H29NO4. The summed E-state index contributed by atoms with van der Waals surface area (Å²) in [6.07, 6.45) is 1.68. The summed E-state index contributed by atoms with van der Waals surface area (Å²) in [5.41, 5.74) is 12.6. The number of hydrogen-bond acceptors (Lipinski definition) is 4. The van der Waals surface area contributed by atoms with Crippen LogP contribution >= 0.6 is 0 Å². The fourth-order valence-corrected chi connectivity index (χ4v) is 4.10. The lowest BCUT2D eigenvalue weighted by molar-refractivity contribution is -0.136. The van der Waals surface area contributed by atoms with Crippen LogP contribution in [0.3, 0.4) is 0 Å². The molecule has 0 saturated carbocycles. The van der Waals surface area contributed by atoms with Gasteiger partial charge in [0.2, 0.25) is 0 Å². The van der Waals surface area contributed by atoms with Crippen molar-refractivity contribution < 1.29 is 19.1 Å².